The van der Waals surface area contributed by atoms with E-state index in [1.165, 1.54) is 4.88 Å². The monoisotopic (exact) mass is 388 g/mol. The van der Waals surface area contributed by atoms with Gasteiger partial charge < -0.3 is 9.42 Å². The smallest absolute Gasteiger partial charge is 0.223 e. The maximum absolute atomic E-state index is 12.7. The predicted molar refractivity (Wildman–Crippen MR) is 104 cm³/mol. The van der Waals surface area contributed by atoms with Gasteiger partial charge in [-0.25, -0.2) is 4.98 Å². The normalized spacial score (nSPS) is 24.1. The van der Waals surface area contributed by atoms with Crippen molar-refractivity contribution in [1.29, 1.82) is 0 Å². The molecule has 2 fully saturated rings. The van der Waals surface area contributed by atoms with Crippen LogP contribution in [-0.4, -0.2) is 44.5 Å². The average molecular weight is 389 g/mol. The fourth-order valence-corrected chi connectivity index (χ4v) is 5.46. The van der Waals surface area contributed by atoms with Gasteiger partial charge in [0.1, 0.15) is 5.76 Å². The number of likely N-dealkylation sites (tertiary alicyclic amines) is 2. The van der Waals surface area contributed by atoms with Gasteiger partial charge in [-0.2, -0.15) is 0 Å². The van der Waals surface area contributed by atoms with E-state index < -0.39 is 0 Å². The van der Waals surface area contributed by atoms with E-state index in [9.17, 15) is 4.79 Å². The van der Waals surface area contributed by atoms with E-state index in [2.05, 4.69) is 26.9 Å². The van der Waals surface area contributed by atoms with Crippen molar-refractivity contribution in [3.63, 3.8) is 0 Å². The van der Waals surface area contributed by atoms with Crippen LogP contribution in [0.2, 0.25) is 0 Å². The van der Waals surface area contributed by atoms with Crippen molar-refractivity contribution >= 4 is 17.2 Å². The fourth-order valence-electron chi connectivity index (χ4n) is 4.63. The maximum Gasteiger partial charge on any atom is 0.223 e. The highest BCUT2D eigenvalue weighted by Crippen LogP contribution is 2.40. The van der Waals surface area contributed by atoms with E-state index in [-0.39, 0.29) is 11.4 Å². The lowest BCUT2D eigenvalue weighted by Gasteiger charge is -2.38. The second-order valence-corrected chi connectivity index (χ2v) is 9.30. The second-order valence-electron chi connectivity index (χ2n) is 7.98. The molecule has 146 valence electrons. The van der Waals surface area contributed by atoms with Gasteiger partial charge in [-0.05, 0) is 53.0 Å². The molecule has 4 heterocycles. The van der Waals surface area contributed by atoms with Crippen molar-refractivity contribution in [3.8, 4) is 0 Å². The minimum atomic E-state index is -0.00833. The Morgan fingerprint density at radius 2 is 2.04 bits per heavy atom. The number of hydrogen-bond acceptors (Lipinski definition) is 6. The first-order valence-corrected chi connectivity index (χ1v) is 10.6. The number of carbonyl (C=O) groups is 1. The highest BCUT2D eigenvalue weighted by atomic mass is 32.1. The summed E-state index contributed by atoms with van der Waals surface area (Å²) < 4.78 is 5.33. The zero-order chi connectivity index (χ0) is 19.0. The third kappa shape index (κ3) is 3.67. The molecule has 2 aromatic heterocycles. The quantitative estimate of drug-likeness (QED) is 0.801. The van der Waals surface area contributed by atoms with Crippen LogP contribution in [-0.2, 0) is 17.9 Å². The lowest BCUT2D eigenvalue weighted by atomic mass is 9.87. The van der Waals surface area contributed by atoms with Gasteiger partial charge in [0.25, 0.3) is 0 Å². The maximum atomic E-state index is 12.7. The Morgan fingerprint density at radius 3 is 2.74 bits per heavy atom. The Morgan fingerprint density at radius 1 is 1.19 bits per heavy atom. The van der Waals surface area contributed by atoms with E-state index in [1.807, 2.05) is 20.0 Å². The van der Waals surface area contributed by atoms with Crippen LogP contribution in [0.25, 0.3) is 0 Å². The highest BCUT2D eigenvalue weighted by Gasteiger charge is 2.46. The van der Waals surface area contributed by atoms with Crippen LogP contribution < -0.4 is 0 Å². The molecule has 2 aliphatic heterocycles. The molecule has 0 radical (unpaired) electrons. The average Bonchev–Trinajstić information content (AvgIpc) is 3.22. The zero-order valence-corrected chi connectivity index (χ0v) is 17.3. The molecule has 1 spiro atoms. The topological polar surface area (TPSA) is 62.5 Å². The highest BCUT2D eigenvalue weighted by molar-refractivity contribution is 7.11. The Balaban J connectivity index is 1.48. The van der Waals surface area contributed by atoms with Gasteiger partial charge in [0.2, 0.25) is 5.91 Å². The fraction of sp³-hybridized carbons (Fsp3) is 0.650. The van der Waals surface area contributed by atoms with Crippen molar-refractivity contribution in [2.24, 2.45) is 0 Å². The third-order valence-corrected chi connectivity index (χ3v) is 7.13. The van der Waals surface area contributed by atoms with Crippen molar-refractivity contribution in [2.75, 3.05) is 13.1 Å². The second kappa shape index (κ2) is 7.36. The minimum Gasteiger partial charge on any atom is -0.361 e. The van der Waals surface area contributed by atoms with Crippen molar-refractivity contribution in [1.82, 2.24) is 19.9 Å². The molecule has 2 aromatic rings. The number of rotatable bonds is 4. The summed E-state index contributed by atoms with van der Waals surface area (Å²) in [5, 5.41) is 5.20. The molecule has 6 nitrogen and oxygen atoms in total. The lowest BCUT2D eigenvalue weighted by Crippen LogP contribution is -2.46. The third-order valence-electron chi connectivity index (χ3n) is 6.23. The summed E-state index contributed by atoms with van der Waals surface area (Å²) in [6, 6.07) is 0. The Kier molecular flexibility index (Phi) is 5.07. The molecule has 1 amide bonds. The largest absolute Gasteiger partial charge is 0.361 e. The Hall–Kier alpha value is -1.73. The van der Waals surface area contributed by atoms with Crippen molar-refractivity contribution in [3.05, 3.63) is 33.1 Å². The summed E-state index contributed by atoms with van der Waals surface area (Å²) in [4.78, 5) is 23.1. The van der Waals surface area contributed by atoms with Gasteiger partial charge in [0.05, 0.1) is 17.2 Å². The van der Waals surface area contributed by atoms with Gasteiger partial charge in [-0.3, -0.25) is 9.69 Å². The standard InChI is InChI=1S/C20H28N4O2S/c1-14-18(15(2)26-22-14)13-24-19(25)5-7-20(24)6-4-9-23(10-8-20)12-17-11-21-16(3)27-17/h11H,4-10,12-13H2,1-3H3/t20-/m1/s1. The van der Waals surface area contributed by atoms with Crippen LogP contribution in [0.5, 0.6) is 0 Å². The summed E-state index contributed by atoms with van der Waals surface area (Å²) in [5.41, 5.74) is 1.97. The predicted octanol–water partition coefficient (Wildman–Crippen LogP) is 3.60. The van der Waals surface area contributed by atoms with Gasteiger partial charge in [0.15, 0.2) is 0 Å². The number of aromatic nitrogens is 2. The molecule has 27 heavy (non-hydrogen) atoms. The minimum absolute atomic E-state index is 0.00833. The van der Waals surface area contributed by atoms with E-state index in [0.717, 1.165) is 67.3 Å². The van der Waals surface area contributed by atoms with Crippen LogP contribution in [0.3, 0.4) is 0 Å². The number of nitrogens with zero attached hydrogens (tertiary/aromatic N) is 4. The number of hydrogen-bond donors (Lipinski definition) is 0. The van der Waals surface area contributed by atoms with E-state index in [4.69, 9.17) is 4.52 Å². The first-order chi connectivity index (χ1) is 13.0. The van der Waals surface area contributed by atoms with Gasteiger partial charge in [0, 0.05) is 41.7 Å². The summed E-state index contributed by atoms with van der Waals surface area (Å²) in [6.07, 6.45) is 6.90. The molecule has 7 heteroatoms. The summed E-state index contributed by atoms with van der Waals surface area (Å²) in [5.74, 6) is 1.11. The number of thiazole rings is 1. The molecule has 2 saturated heterocycles. The van der Waals surface area contributed by atoms with Crippen LogP contribution in [0.1, 0.15) is 59.0 Å². The molecular formula is C20H28N4O2S. The number of aryl methyl sites for hydroxylation is 3. The molecule has 2 aliphatic rings. The van der Waals surface area contributed by atoms with Gasteiger partial charge in [-0.1, -0.05) is 5.16 Å². The number of amides is 1. The molecule has 1 atom stereocenters. The molecule has 4 rings (SSSR count). The molecule has 0 bridgehead atoms. The van der Waals surface area contributed by atoms with Gasteiger partial charge >= 0.3 is 0 Å². The lowest BCUT2D eigenvalue weighted by molar-refractivity contribution is -0.132. The van der Waals surface area contributed by atoms with E-state index >= 15 is 0 Å². The van der Waals surface area contributed by atoms with E-state index in [1.54, 1.807) is 11.3 Å². The van der Waals surface area contributed by atoms with Gasteiger partial charge in [-0.15, -0.1) is 11.3 Å². The molecule has 0 aromatic carbocycles. The number of carbonyl (C=O) groups excluding carboxylic acids is 1. The molecule has 0 saturated carbocycles. The molecule has 0 N–H and O–H groups in total. The molecule has 0 unspecified atom stereocenters. The van der Waals surface area contributed by atoms with Crippen molar-refractivity contribution < 1.29 is 9.32 Å². The summed E-state index contributed by atoms with van der Waals surface area (Å²) in [7, 11) is 0. The SMILES string of the molecule is Cc1ncc(CN2CCC[C@@]3(CCC(=O)N3Cc3c(C)noc3C)CC2)s1. The Bertz CT molecular complexity index is 810. The van der Waals surface area contributed by atoms with Crippen LogP contribution in [0, 0.1) is 20.8 Å². The Labute approximate surface area is 164 Å². The zero-order valence-electron chi connectivity index (χ0n) is 16.5. The molecular weight excluding hydrogens is 360 g/mol. The summed E-state index contributed by atoms with van der Waals surface area (Å²) >= 11 is 1.78. The van der Waals surface area contributed by atoms with Crippen LogP contribution in [0.4, 0.5) is 0 Å². The summed E-state index contributed by atoms with van der Waals surface area (Å²) in [6.45, 7) is 9.68. The molecule has 0 aliphatic carbocycles. The van der Waals surface area contributed by atoms with E-state index in [0.29, 0.717) is 13.0 Å². The first-order valence-electron chi connectivity index (χ1n) is 9.83. The van der Waals surface area contributed by atoms with Crippen LogP contribution >= 0.6 is 11.3 Å². The van der Waals surface area contributed by atoms with Crippen LogP contribution in [0.15, 0.2) is 10.7 Å². The van der Waals surface area contributed by atoms with Crippen molar-refractivity contribution in [2.45, 2.75) is 71.5 Å². The first kappa shape index (κ1) is 18.6.